The molecule has 0 aromatic heterocycles. The Morgan fingerprint density at radius 1 is 1.45 bits per heavy atom. The Bertz CT molecular complexity index is 553. The first-order chi connectivity index (χ1) is 9.40. The predicted octanol–water partition coefficient (Wildman–Crippen LogP) is 1.11. The number of nitrogens with one attached hydrogen (secondary N) is 1. The number of aliphatic hydroxyl groups is 1. The maximum absolute atomic E-state index is 12.2. The molecule has 0 spiro atoms. The molecule has 1 aliphatic carbocycles. The molecule has 1 atom stereocenters. The summed E-state index contributed by atoms with van der Waals surface area (Å²) in [5.74, 6) is 0. The number of nitrogens with zero attached hydrogens (tertiary/aromatic N) is 1. The van der Waals surface area contributed by atoms with E-state index in [9.17, 15) is 13.5 Å². The van der Waals surface area contributed by atoms with Crippen molar-refractivity contribution in [2.75, 3.05) is 20.1 Å². The molecule has 0 amide bonds. The Balaban J connectivity index is 1.96. The third-order valence-electron chi connectivity index (χ3n) is 3.58. The molecule has 1 aromatic carbocycles. The van der Waals surface area contributed by atoms with Crippen LogP contribution in [0.2, 0.25) is 0 Å². The molecule has 0 radical (unpaired) electrons. The number of hydrogen-bond donors (Lipinski definition) is 2. The largest absolute Gasteiger partial charge is 0.389 e. The second kappa shape index (κ2) is 6.22. The van der Waals surface area contributed by atoms with Crippen LogP contribution in [0.5, 0.6) is 0 Å². The van der Waals surface area contributed by atoms with Gasteiger partial charge in [-0.05, 0) is 44.5 Å². The highest BCUT2D eigenvalue weighted by Gasteiger charge is 2.25. The van der Waals surface area contributed by atoms with Crippen molar-refractivity contribution >= 4 is 10.0 Å². The Kier molecular flexibility index (Phi) is 4.80. The average Bonchev–Trinajstić information content (AvgIpc) is 3.23. The molecular weight excluding hydrogens is 276 g/mol. The second-order valence-corrected chi connectivity index (χ2v) is 7.12. The van der Waals surface area contributed by atoms with Crippen LogP contribution in [-0.4, -0.2) is 44.6 Å². The van der Waals surface area contributed by atoms with Crippen LogP contribution in [0.25, 0.3) is 0 Å². The molecule has 112 valence electrons. The minimum atomic E-state index is -3.51. The van der Waals surface area contributed by atoms with Gasteiger partial charge in [0.1, 0.15) is 0 Å². The average molecular weight is 298 g/mol. The molecule has 20 heavy (non-hydrogen) atoms. The normalized spacial score (nSPS) is 17.4. The number of aliphatic hydroxyl groups excluding tert-OH is 1. The maximum atomic E-state index is 12.2. The summed E-state index contributed by atoms with van der Waals surface area (Å²) in [6, 6.07) is 7.03. The van der Waals surface area contributed by atoms with Gasteiger partial charge < -0.3 is 10.0 Å². The zero-order valence-corrected chi connectivity index (χ0v) is 12.7. The van der Waals surface area contributed by atoms with E-state index < -0.39 is 16.1 Å². The first-order valence-corrected chi connectivity index (χ1v) is 8.36. The Labute approximate surface area is 120 Å². The Morgan fingerprint density at radius 2 is 2.15 bits per heavy atom. The van der Waals surface area contributed by atoms with Crippen molar-refractivity contribution in [2.24, 2.45) is 0 Å². The fraction of sp³-hybridized carbons (Fsp3) is 0.571. The maximum Gasteiger partial charge on any atom is 0.240 e. The Hall–Kier alpha value is -0.950. The summed E-state index contributed by atoms with van der Waals surface area (Å²) >= 11 is 0. The summed E-state index contributed by atoms with van der Waals surface area (Å²) in [7, 11) is -1.49. The highest BCUT2D eigenvalue weighted by molar-refractivity contribution is 7.89. The van der Waals surface area contributed by atoms with Crippen LogP contribution in [0.4, 0.5) is 0 Å². The van der Waals surface area contributed by atoms with E-state index in [1.54, 1.807) is 25.1 Å². The van der Waals surface area contributed by atoms with Gasteiger partial charge in [-0.25, -0.2) is 13.1 Å². The summed E-state index contributed by atoms with van der Waals surface area (Å²) in [5.41, 5.74) is 0.600. The summed E-state index contributed by atoms with van der Waals surface area (Å²) in [6.45, 7) is 2.72. The van der Waals surface area contributed by atoms with Crippen molar-refractivity contribution in [1.82, 2.24) is 9.62 Å². The van der Waals surface area contributed by atoms with E-state index in [0.717, 1.165) is 0 Å². The summed E-state index contributed by atoms with van der Waals surface area (Å²) in [6.07, 6.45) is 1.74. The van der Waals surface area contributed by atoms with Crippen molar-refractivity contribution in [2.45, 2.75) is 36.8 Å². The minimum Gasteiger partial charge on any atom is -0.389 e. The summed E-state index contributed by atoms with van der Waals surface area (Å²) in [5, 5.41) is 9.51. The number of hydrogen-bond acceptors (Lipinski definition) is 4. The van der Waals surface area contributed by atoms with Crippen LogP contribution in [0.15, 0.2) is 29.2 Å². The zero-order chi connectivity index (χ0) is 14.8. The molecule has 2 rings (SSSR count). The highest BCUT2D eigenvalue weighted by Crippen LogP contribution is 2.24. The first kappa shape index (κ1) is 15.4. The smallest absolute Gasteiger partial charge is 0.240 e. The Morgan fingerprint density at radius 3 is 2.75 bits per heavy atom. The van der Waals surface area contributed by atoms with Gasteiger partial charge in [-0.15, -0.1) is 0 Å². The molecule has 0 aliphatic heterocycles. The number of benzene rings is 1. The molecule has 1 aliphatic rings. The van der Waals surface area contributed by atoms with E-state index in [2.05, 4.69) is 9.62 Å². The van der Waals surface area contributed by atoms with Crippen molar-refractivity contribution in [1.29, 1.82) is 0 Å². The standard InChI is InChI=1S/C14H22N2O3S/c1-11(17)12-4-3-5-14(10-12)20(18,19)15-8-9-16(2)13-6-7-13/h3-5,10-11,13,15,17H,6-9H2,1-2H3. The van der Waals surface area contributed by atoms with Gasteiger partial charge in [-0.1, -0.05) is 12.1 Å². The second-order valence-electron chi connectivity index (χ2n) is 5.36. The molecule has 0 saturated heterocycles. The van der Waals surface area contributed by atoms with Crippen molar-refractivity contribution < 1.29 is 13.5 Å². The molecule has 1 unspecified atom stereocenters. The van der Waals surface area contributed by atoms with Crippen molar-refractivity contribution in [3.05, 3.63) is 29.8 Å². The van der Waals surface area contributed by atoms with Crippen LogP contribution in [-0.2, 0) is 10.0 Å². The first-order valence-electron chi connectivity index (χ1n) is 6.88. The van der Waals surface area contributed by atoms with Crippen LogP contribution < -0.4 is 4.72 Å². The van der Waals surface area contributed by atoms with E-state index in [4.69, 9.17) is 0 Å². The van der Waals surface area contributed by atoms with Gasteiger partial charge in [0, 0.05) is 19.1 Å². The van der Waals surface area contributed by atoms with E-state index in [1.807, 2.05) is 7.05 Å². The molecule has 2 N–H and O–H groups in total. The zero-order valence-electron chi connectivity index (χ0n) is 11.9. The van der Waals surface area contributed by atoms with Gasteiger partial charge in [0.05, 0.1) is 11.0 Å². The summed E-state index contributed by atoms with van der Waals surface area (Å²) in [4.78, 5) is 2.37. The predicted molar refractivity (Wildman–Crippen MR) is 77.9 cm³/mol. The van der Waals surface area contributed by atoms with E-state index in [0.29, 0.717) is 24.7 Å². The van der Waals surface area contributed by atoms with Crippen molar-refractivity contribution in [3.8, 4) is 0 Å². The third kappa shape index (κ3) is 4.02. The molecule has 1 saturated carbocycles. The van der Waals surface area contributed by atoms with E-state index in [-0.39, 0.29) is 4.90 Å². The topological polar surface area (TPSA) is 69.6 Å². The van der Waals surface area contributed by atoms with Gasteiger partial charge in [0.25, 0.3) is 0 Å². The van der Waals surface area contributed by atoms with E-state index >= 15 is 0 Å². The molecular formula is C14H22N2O3S. The lowest BCUT2D eigenvalue weighted by Crippen LogP contribution is -2.34. The molecule has 1 fully saturated rings. The van der Waals surface area contributed by atoms with Gasteiger partial charge in [0.15, 0.2) is 0 Å². The quantitative estimate of drug-likeness (QED) is 0.791. The lowest BCUT2D eigenvalue weighted by molar-refractivity contribution is 0.199. The minimum absolute atomic E-state index is 0.199. The van der Waals surface area contributed by atoms with Crippen LogP contribution in [0.3, 0.4) is 0 Å². The SMILES string of the molecule is CC(O)c1cccc(S(=O)(=O)NCCN(C)C2CC2)c1. The fourth-order valence-corrected chi connectivity index (χ4v) is 3.15. The van der Waals surface area contributed by atoms with Gasteiger partial charge in [-0.3, -0.25) is 0 Å². The summed E-state index contributed by atoms with van der Waals surface area (Å²) < 4.78 is 26.9. The molecule has 5 nitrogen and oxygen atoms in total. The highest BCUT2D eigenvalue weighted by atomic mass is 32.2. The molecule has 0 bridgehead atoms. The van der Waals surface area contributed by atoms with Crippen LogP contribution in [0.1, 0.15) is 31.4 Å². The molecule has 0 heterocycles. The van der Waals surface area contributed by atoms with Crippen LogP contribution in [0, 0.1) is 0 Å². The fourth-order valence-electron chi connectivity index (χ4n) is 2.08. The van der Waals surface area contributed by atoms with Gasteiger partial charge in [-0.2, -0.15) is 0 Å². The number of likely N-dealkylation sites (N-methyl/N-ethyl adjacent to an activating group) is 1. The lowest BCUT2D eigenvalue weighted by Gasteiger charge is -2.16. The lowest BCUT2D eigenvalue weighted by atomic mass is 10.1. The molecule has 6 heteroatoms. The number of rotatable bonds is 7. The van der Waals surface area contributed by atoms with Gasteiger partial charge in [0.2, 0.25) is 10.0 Å². The van der Waals surface area contributed by atoms with Crippen LogP contribution >= 0.6 is 0 Å². The van der Waals surface area contributed by atoms with Gasteiger partial charge >= 0.3 is 0 Å². The van der Waals surface area contributed by atoms with E-state index in [1.165, 1.54) is 18.9 Å². The number of sulfonamides is 1. The molecule has 1 aromatic rings. The third-order valence-corrected chi connectivity index (χ3v) is 5.04. The van der Waals surface area contributed by atoms with Crippen molar-refractivity contribution in [3.63, 3.8) is 0 Å². The monoisotopic (exact) mass is 298 g/mol.